The minimum absolute atomic E-state index is 0.0505. The van der Waals surface area contributed by atoms with Crippen LogP contribution in [0.25, 0.3) is 10.9 Å². The van der Waals surface area contributed by atoms with Crippen molar-refractivity contribution in [3.05, 3.63) is 40.6 Å². The van der Waals surface area contributed by atoms with E-state index >= 15 is 0 Å². The second-order valence-corrected chi connectivity index (χ2v) is 6.92. The summed E-state index contributed by atoms with van der Waals surface area (Å²) in [6.07, 6.45) is 0.329. The van der Waals surface area contributed by atoms with Crippen LogP contribution in [0.5, 0.6) is 0 Å². The normalized spacial score (nSPS) is 17.2. The molecule has 1 fully saturated rings. The molecule has 1 atom stereocenters. The number of hydrogen-bond acceptors (Lipinski definition) is 4. The third-order valence-electron chi connectivity index (χ3n) is 4.99. The molecule has 1 saturated heterocycles. The highest BCUT2D eigenvalue weighted by atomic mass is 16.5. The molecular formula is C20H25N3O3. The number of carbonyl (C=O) groups excluding carboxylic acids is 2. The predicted molar refractivity (Wildman–Crippen MR) is 100 cm³/mol. The number of rotatable bonds is 5. The zero-order valence-electron chi connectivity index (χ0n) is 15.8. The van der Waals surface area contributed by atoms with Crippen LogP contribution in [0.3, 0.4) is 0 Å². The van der Waals surface area contributed by atoms with Crippen LogP contribution >= 0.6 is 0 Å². The van der Waals surface area contributed by atoms with Gasteiger partial charge < -0.3 is 15.0 Å². The number of carbonyl (C=O) groups is 2. The molecule has 2 amide bonds. The lowest BCUT2D eigenvalue weighted by Crippen LogP contribution is -2.38. The molecule has 0 spiro atoms. The van der Waals surface area contributed by atoms with Gasteiger partial charge in [-0.3, -0.25) is 14.6 Å². The number of hydrogen-bond donors (Lipinski definition) is 1. The van der Waals surface area contributed by atoms with Crippen LogP contribution in [0, 0.1) is 20.8 Å². The van der Waals surface area contributed by atoms with Gasteiger partial charge in [0, 0.05) is 37.7 Å². The fraction of sp³-hybridized carbons (Fsp3) is 0.450. The first-order valence-corrected chi connectivity index (χ1v) is 8.86. The fourth-order valence-corrected chi connectivity index (χ4v) is 3.40. The van der Waals surface area contributed by atoms with Crippen molar-refractivity contribution in [3.8, 4) is 0 Å². The lowest BCUT2D eigenvalue weighted by Gasteiger charge is -2.17. The number of nitrogens with one attached hydrogen (secondary N) is 1. The number of likely N-dealkylation sites (tertiary alicyclic amines) is 1. The number of aromatic nitrogens is 1. The number of pyridine rings is 1. The summed E-state index contributed by atoms with van der Waals surface area (Å²) < 4.78 is 5.03. The van der Waals surface area contributed by atoms with Crippen molar-refractivity contribution in [2.75, 3.05) is 26.8 Å². The van der Waals surface area contributed by atoms with Gasteiger partial charge in [-0.25, -0.2) is 0 Å². The molecule has 0 unspecified atom stereocenters. The van der Waals surface area contributed by atoms with Gasteiger partial charge in [0.05, 0.1) is 23.7 Å². The van der Waals surface area contributed by atoms with E-state index < -0.39 is 0 Å². The second-order valence-electron chi connectivity index (χ2n) is 6.92. The number of benzene rings is 1. The van der Waals surface area contributed by atoms with Crippen LogP contribution in [0.4, 0.5) is 0 Å². The van der Waals surface area contributed by atoms with Gasteiger partial charge in [0.2, 0.25) is 5.91 Å². The van der Waals surface area contributed by atoms with Crippen molar-refractivity contribution in [1.29, 1.82) is 0 Å². The van der Waals surface area contributed by atoms with E-state index in [0.717, 1.165) is 27.7 Å². The van der Waals surface area contributed by atoms with Gasteiger partial charge in [0.15, 0.2) is 0 Å². The number of nitrogens with zero attached hydrogens (tertiary/aromatic N) is 2. The molecule has 2 heterocycles. The molecular weight excluding hydrogens is 330 g/mol. The Balaban J connectivity index is 1.83. The summed E-state index contributed by atoms with van der Waals surface area (Å²) in [4.78, 5) is 31.3. The molecule has 138 valence electrons. The van der Waals surface area contributed by atoms with Crippen LogP contribution in [0.2, 0.25) is 0 Å². The van der Waals surface area contributed by atoms with E-state index in [-0.39, 0.29) is 17.9 Å². The summed E-state index contributed by atoms with van der Waals surface area (Å²) in [7, 11) is 1.61. The molecule has 0 radical (unpaired) electrons. The number of fused-ring (bicyclic) bond motifs is 1. The SMILES string of the molecule is COCCN1C[C@H](NC(=O)c2cc(C)nc3c(C)c(C)ccc23)CC1=O. The summed E-state index contributed by atoms with van der Waals surface area (Å²) in [5.74, 6) is -0.107. The monoisotopic (exact) mass is 355 g/mol. The molecule has 0 saturated carbocycles. The van der Waals surface area contributed by atoms with Crippen molar-refractivity contribution in [3.63, 3.8) is 0 Å². The quantitative estimate of drug-likeness (QED) is 0.892. The first-order chi connectivity index (χ1) is 12.4. The lowest BCUT2D eigenvalue weighted by molar-refractivity contribution is -0.128. The molecule has 1 N–H and O–H groups in total. The maximum absolute atomic E-state index is 12.9. The average molecular weight is 355 g/mol. The summed E-state index contributed by atoms with van der Waals surface area (Å²) in [6.45, 7) is 7.53. The van der Waals surface area contributed by atoms with Crippen molar-refractivity contribution in [2.45, 2.75) is 33.2 Å². The Morgan fingerprint density at radius 2 is 2.12 bits per heavy atom. The van der Waals surface area contributed by atoms with E-state index in [9.17, 15) is 9.59 Å². The summed E-state index contributed by atoms with van der Waals surface area (Å²) in [5.41, 5.74) is 4.51. The van der Waals surface area contributed by atoms with Gasteiger partial charge in [-0.05, 0) is 38.0 Å². The maximum atomic E-state index is 12.9. The minimum Gasteiger partial charge on any atom is -0.383 e. The topological polar surface area (TPSA) is 71.5 Å². The van der Waals surface area contributed by atoms with Crippen LogP contribution in [-0.2, 0) is 9.53 Å². The van der Waals surface area contributed by atoms with Crippen LogP contribution in [-0.4, -0.2) is 54.5 Å². The van der Waals surface area contributed by atoms with Crippen LogP contribution in [0.1, 0.15) is 33.6 Å². The van der Waals surface area contributed by atoms with Crippen LogP contribution < -0.4 is 5.32 Å². The lowest BCUT2D eigenvalue weighted by atomic mass is 10.0. The van der Waals surface area contributed by atoms with E-state index in [2.05, 4.69) is 10.3 Å². The number of methoxy groups -OCH3 is 1. The molecule has 26 heavy (non-hydrogen) atoms. The third kappa shape index (κ3) is 3.55. The molecule has 0 aliphatic carbocycles. The molecule has 1 aliphatic rings. The van der Waals surface area contributed by atoms with E-state index in [1.165, 1.54) is 0 Å². The molecule has 1 aromatic carbocycles. The Bertz CT molecular complexity index is 863. The standard InChI is InChI=1S/C20H25N3O3/c1-12-5-6-16-17(9-13(2)21-19(16)14(12)3)20(25)22-15-10-18(24)23(11-15)7-8-26-4/h5-6,9,15H,7-8,10-11H2,1-4H3,(H,22,25)/t15-/m1/s1. The van der Waals surface area contributed by atoms with Gasteiger partial charge in [0.25, 0.3) is 5.91 Å². The summed E-state index contributed by atoms with van der Waals surface area (Å²) >= 11 is 0. The van der Waals surface area contributed by atoms with E-state index in [0.29, 0.717) is 31.7 Å². The molecule has 1 aromatic heterocycles. The highest BCUT2D eigenvalue weighted by molar-refractivity contribution is 6.07. The number of amides is 2. The van der Waals surface area contributed by atoms with Gasteiger partial charge >= 0.3 is 0 Å². The molecule has 6 nitrogen and oxygen atoms in total. The molecule has 1 aliphatic heterocycles. The Labute approximate surface area is 153 Å². The zero-order valence-corrected chi connectivity index (χ0v) is 15.8. The zero-order chi connectivity index (χ0) is 18.8. The molecule has 2 aromatic rings. The average Bonchev–Trinajstić information content (AvgIpc) is 2.95. The first kappa shape index (κ1) is 18.3. The Morgan fingerprint density at radius 3 is 2.85 bits per heavy atom. The van der Waals surface area contributed by atoms with Gasteiger partial charge in [0.1, 0.15) is 0 Å². The second kappa shape index (κ2) is 7.41. The summed E-state index contributed by atoms with van der Waals surface area (Å²) in [6, 6.07) is 5.59. The molecule has 6 heteroatoms. The Hall–Kier alpha value is -2.47. The van der Waals surface area contributed by atoms with Gasteiger partial charge in [-0.1, -0.05) is 12.1 Å². The van der Waals surface area contributed by atoms with Crippen molar-refractivity contribution in [2.24, 2.45) is 0 Å². The third-order valence-corrected chi connectivity index (χ3v) is 4.99. The maximum Gasteiger partial charge on any atom is 0.252 e. The predicted octanol–water partition coefficient (Wildman–Crippen LogP) is 2.14. The number of ether oxygens (including phenoxy) is 1. The van der Waals surface area contributed by atoms with Crippen LogP contribution in [0.15, 0.2) is 18.2 Å². The molecule has 0 bridgehead atoms. The van der Waals surface area contributed by atoms with Crippen molar-refractivity contribution in [1.82, 2.24) is 15.2 Å². The largest absolute Gasteiger partial charge is 0.383 e. The van der Waals surface area contributed by atoms with E-state index in [4.69, 9.17) is 4.74 Å². The van der Waals surface area contributed by atoms with Crippen molar-refractivity contribution < 1.29 is 14.3 Å². The number of aryl methyl sites for hydroxylation is 3. The highest BCUT2D eigenvalue weighted by Gasteiger charge is 2.30. The molecule has 3 rings (SSSR count). The highest BCUT2D eigenvalue weighted by Crippen LogP contribution is 2.24. The summed E-state index contributed by atoms with van der Waals surface area (Å²) in [5, 5.41) is 3.86. The van der Waals surface area contributed by atoms with Gasteiger partial charge in [-0.2, -0.15) is 0 Å². The minimum atomic E-state index is -0.179. The van der Waals surface area contributed by atoms with Crippen molar-refractivity contribution >= 4 is 22.7 Å². The van der Waals surface area contributed by atoms with E-state index in [1.807, 2.05) is 39.0 Å². The smallest absolute Gasteiger partial charge is 0.252 e. The first-order valence-electron chi connectivity index (χ1n) is 8.86. The van der Waals surface area contributed by atoms with Gasteiger partial charge in [-0.15, -0.1) is 0 Å². The Morgan fingerprint density at radius 1 is 1.35 bits per heavy atom. The van der Waals surface area contributed by atoms with E-state index in [1.54, 1.807) is 12.0 Å². The fourth-order valence-electron chi connectivity index (χ4n) is 3.40. The Kier molecular flexibility index (Phi) is 5.23.